The van der Waals surface area contributed by atoms with E-state index in [1.807, 2.05) is 30.3 Å². The summed E-state index contributed by atoms with van der Waals surface area (Å²) < 4.78 is 41.6. The third-order valence-corrected chi connectivity index (χ3v) is 7.96. The number of alkyl halides is 3. The summed E-state index contributed by atoms with van der Waals surface area (Å²) in [5.41, 5.74) is -0.477. The van der Waals surface area contributed by atoms with Crippen molar-refractivity contribution in [3.63, 3.8) is 0 Å². The molecule has 2 aliphatic carbocycles. The average Bonchev–Trinajstić information content (AvgIpc) is 3.00. The standard InChI is InChI=1S/C30H27F3N2O3/c1-19-25(8-5-15-34-19)35-27(37)21-9-11-24-23(16-21)26(36)12-10-22-18-29(38,30(31,32)33)14-13-28(22,24)17-20-6-3-2-4-7-20/h2-12,15-16,22,38H,13-14,17-18H2,1H3,(H,35,37). The van der Waals surface area contributed by atoms with E-state index >= 15 is 0 Å². The average molecular weight is 521 g/mol. The number of aryl methyl sites for hydroxylation is 1. The van der Waals surface area contributed by atoms with Crippen molar-refractivity contribution in [3.8, 4) is 0 Å². The molecule has 0 aliphatic heterocycles. The van der Waals surface area contributed by atoms with E-state index in [1.54, 1.807) is 37.4 Å². The van der Waals surface area contributed by atoms with Crippen LogP contribution in [-0.2, 0) is 11.8 Å². The molecule has 1 heterocycles. The highest BCUT2D eigenvalue weighted by Gasteiger charge is 2.60. The van der Waals surface area contributed by atoms with E-state index in [1.165, 1.54) is 18.2 Å². The quantitative estimate of drug-likeness (QED) is 0.444. The Morgan fingerprint density at radius 1 is 1.11 bits per heavy atom. The zero-order valence-electron chi connectivity index (χ0n) is 20.8. The van der Waals surface area contributed by atoms with E-state index in [0.29, 0.717) is 23.4 Å². The maximum Gasteiger partial charge on any atom is 0.417 e. The zero-order chi connectivity index (χ0) is 27.1. The molecule has 5 rings (SSSR count). The molecule has 1 fully saturated rings. The fraction of sp³-hybridized carbons (Fsp3) is 0.300. The van der Waals surface area contributed by atoms with Crippen molar-refractivity contribution in [2.75, 3.05) is 5.32 Å². The van der Waals surface area contributed by atoms with Gasteiger partial charge in [0.2, 0.25) is 0 Å². The maximum atomic E-state index is 13.9. The number of nitrogens with one attached hydrogen (secondary N) is 1. The van der Waals surface area contributed by atoms with E-state index in [4.69, 9.17) is 0 Å². The van der Waals surface area contributed by atoms with Gasteiger partial charge in [-0.1, -0.05) is 42.5 Å². The Morgan fingerprint density at radius 2 is 1.87 bits per heavy atom. The molecule has 0 bridgehead atoms. The maximum absolute atomic E-state index is 13.9. The Kier molecular flexibility index (Phi) is 6.47. The number of rotatable bonds is 4. The fourth-order valence-corrected chi connectivity index (χ4v) is 5.82. The number of amides is 1. The minimum Gasteiger partial charge on any atom is -0.380 e. The molecule has 3 atom stereocenters. The normalized spacial score (nSPS) is 24.8. The third kappa shape index (κ3) is 4.53. The van der Waals surface area contributed by atoms with Crippen LogP contribution < -0.4 is 5.32 Å². The number of nitrogens with zero attached hydrogens (tertiary/aromatic N) is 1. The Morgan fingerprint density at radius 3 is 2.58 bits per heavy atom. The number of aliphatic hydroxyl groups is 1. The number of ketones is 1. The molecular weight excluding hydrogens is 493 g/mol. The van der Waals surface area contributed by atoms with Crippen LogP contribution >= 0.6 is 0 Å². The van der Waals surface area contributed by atoms with Gasteiger partial charge >= 0.3 is 6.18 Å². The second-order valence-corrected chi connectivity index (χ2v) is 10.2. The van der Waals surface area contributed by atoms with Crippen LogP contribution in [0.3, 0.4) is 0 Å². The van der Waals surface area contributed by atoms with Crippen molar-refractivity contribution in [1.82, 2.24) is 4.98 Å². The molecule has 2 N–H and O–H groups in total. The molecule has 5 nitrogen and oxygen atoms in total. The molecule has 196 valence electrons. The van der Waals surface area contributed by atoms with Crippen LogP contribution in [0.1, 0.15) is 56.8 Å². The molecule has 1 saturated carbocycles. The fourth-order valence-electron chi connectivity index (χ4n) is 5.82. The number of anilines is 1. The Bertz CT molecular complexity index is 1420. The number of aromatic nitrogens is 1. The highest BCUT2D eigenvalue weighted by atomic mass is 19.4. The summed E-state index contributed by atoms with van der Waals surface area (Å²) in [4.78, 5) is 30.5. The monoisotopic (exact) mass is 520 g/mol. The number of carbonyl (C=O) groups is 2. The van der Waals surface area contributed by atoms with Crippen molar-refractivity contribution in [2.24, 2.45) is 5.92 Å². The molecule has 1 aromatic heterocycles. The zero-order valence-corrected chi connectivity index (χ0v) is 20.8. The Balaban J connectivity index is 1.59. The Labute approximate surface area is 218 Å². The van der Waals surface area contributed by atoms with E-state index in [-0.39, 0.29) is 23.3 Å². The molecule has 0 saturated heterocycles. The molecule has 0 radical (unpaired) electrons. The van der Waals surface area contributed by atoms with E-state index in [9.17, 15) is 27.9 Å². The molecular formula is C30H27F3N2O3. The molecule has 3 aromatic rings. The summed E-state index contributed by atoms with van der Waals surface area (Å²) in [7, 11) is 0. The van der Waals surface area contributed by atoms with Crippen molar-refractivity contribution in [1.29, 1.82) is 0 Å². The van der Waals surface area contributed by atoms with E-state index in [2.05, 4.69) is 10.3 Å². The van der Waals surface area contributed by atoms with Crippen LogP contribution in [0.4, 0.5) is 18.9 Å². The minimum atomic E-state index is -4.79. The lowest BCUT2D eigenvalue weighted by atomic mass is 9.56. The van der Waals surface area contributed by atoms with Gasteiger partial charge in [-0.2, -0.15) is 13.2 Å². The topological polar surface area (TPSA) is 79.3 Å². The van der Waals surface area contributed by atoms with Gasteiger partial charge in [0, 0.05) is 22.7 Å². The van der Waals surface area contributed by atoms with Crippen LogP contribution in [0.15, 0.2) is 79.0 Å². The highest BCUT2D eigenvalue weighted by Crippen LogP contribution is 2.55. The smallest absolute Gasteiger partial charge is 0.380 e. The van der Waals surface area contributed by atoms with E-state index < -0.39 is 41.9 Å². The van der Waals surface area contributed by atoms with Crippen molar-refractivity contribution in [3.05, 3.63) is 107 Å². The van der Waals surface area contributed by atoms with Gasteiger partial charge in [0.1, 0.15) is 0 Å². The van der Waals surface area contributed by atoms with Crippen LogP contribution in [0.25, 0.3) is 0 Å². The minimum absolute atomic E-state index is 0.0214. The number of allylic oxidation sites excluding steroid dienone is 2. The lowest BCUT2D eigenvalue weighted by molar-refractivity contribution is -0.277. The highest BCUT2D eigenvalue weighted by molar-refractivity contribution is 6.10. The van der Waals surface area contributed by atoms with Gasteiger partial charge < -0.3 is 10.4 Å². The molecule has 0 spiro atoms. The van der Waals surface area contributed by atoms with Gasteiger partial charge in [-0.3, -0.25) is 14.6 Å². The molecule has 3 unspecified atom stereocenters. The lowest BCUT2D eigenvalue weighted by Gasteiger charge is -2.50. The first kappa shape index (κ1) is 25.9. The summed E-state index contributed by atoms with van der Waals surface area (Å²) in [6.07, 6.45) is -0.995. The second-order valence-electron chi connectivity index (χ2n) is 10.2. The summed E-state index contributed by atoms with van der Waals surface area (Å²) in [6.45, 7) is 1.76. The van der Waals surface area contributed by atoms with Gasteiger partial charge in [0.05, 0.1) is 11.4 Å². The molecule has 8 heteroatoms. The van der Waals surface area contributed by atoms with E-state index in [0.717, 1.165) is 5.56 Å². The molecule has 1 amide bonds. The van der Waals surface area contributed by atoms with Crippen LogP contribution in [0, 0.1) is 12.8 Å². The first-order valence-electron chi connectivity index (χ1n) is 12.5. The number of benzene rings is 2. The largest absolute Gasteiger partial charge is 0.417 e. The molecule has 2 aliphatic rings. The van der Waals surface area contributed by atoms with Crippen LogP contribution in [0.2, 0.25) is 0 Å². The summed E-state index contributed by atoms with van der Waals surface area (Å²) in [5.74, 6) is -1.55. The van der Waals surface area contributed by atoms with Gasteiger partial charge in [-0.25, -0.2) is 0 Å². The third-order valence-electron chi connectivity index (χ3n) is 7.96. The number of fused-ring (bicyclic) bond motifs is 3. The van der Waals surface area contributed by atoms with Gasteiger partial charge in [-0.05, 0) is 80.0 Å². The second kappa shape index (κ2) is 9.51. The van der Waals surface area contributed by atoms with Crippen molar-refractivity contribution < 1.29 is 27.9 Å². The number of carbonyl (C=O) groups excluding carboxylic acids is 2. The van der Waals surface area contributed by atoms with Gasteiger partial charge in [-0.15, -0.1) is 0 Å². The molecule has 2 aromatic carbocycles. The number of hydrogen-bond acceptors (Lipinski definition) is 4. The van der Waals surface area contributed by atoms with Crippen molar-refractivity contribution in [2.45, 2.75) is 49.8 Å². The van der Waals surface area contributed by atoms with Crippen molar-refractivity contribution >= 4 is 17.4 Å². The van der Waals surface area contributed by atoms with Gasteiger partial charge in [0.25, 0.3) is 5.91 Å². The predicted molar refractivity (Wildman–Crippen MR) is 137 cm³/mol. The number of halogens is 3. The van der Waals surface area contributed by atoms with Crippen LogP contribution in [0.5, 0.6) is 0 Å². The van der Waals surface area contributed by atoms with Gasteiger partial charge in [0.15, 0.2) is 11.4 Å². The first-order chi connectivity index (χ1) is 18.0. The SMILES string of the molecule is Cc1ncccc1NC(=O)c1ccc2c(c1)C(=O)C=CC1CC(O)(C(F)(F)F)CCC21Cc1ccccc1. The lowest BCUT2D eigenvalue weighted by Crippen LogP contribution is -2.55. The number of hydrogen-bond donors (Lipinski definition) is 2. The predicted octanol–water partition coefficient (Wildman–Crippen LogP) is 5.97. The number of pyridine rings is 1. The Hall–Kier alpha value is -3.78. The molecule has 38 heavy (non-hydrogen) atoms. The summed E-state index contributed by atoms with van der Waals surface area (Å²) >= 11 is 0. The van der Waals surface area contributed by atoms with Crippen LogP contribution in [-0.4, -0.2) is 33.6 Å². The summed E-state index contributed by atoms with van der Waals surface area (Å²) in [5, 5.41) is 13.4. The first-order valence-corrected chi connectivity index (χ1v) is 12.5. The summed E-state index contributed by atoms with van der Waals surface area (Å²) in [6, 6.07) is 17.6.